The summed E-state index contributed by atoms with van der Waals surface area (Å²) in [5.74, 6) is -0.239. The number of aromatic nitrogens is 2. The van der Waals surface area contributed by atoms with E-state index in [2.05, 4.69) is 20.6 Å². The highest BCUT2D eigenvalue weighted by molar-refractivity contribution is 5.74. The molecule has 2 heterocycles. The molecule has 1 aromatic carbocycles. The minimum Gasteiger partial charge on any atom is -0.335 e. The van der Waals surface area contributed by atoms with Gasteiger partial charge in [0.25, 0.3) is 0 Å². The normalized spacial score (nSPS) is 19.2. The summed E-state index contributed by atoms with van der Waals surface area (Å²) >= 11 is 0. The lowest BCUT2D eigenvalue weighted by molar-refractivity contribution is 0.152. The van der Waals surface area contributed by atoms with Crippen molar-refractivity contribution in [2.75, 3.05) is 13.1 Å². The van der Waals surface area contributed by atoms with Gasteiger partial charge in [0.05, 0.1) is 12.4 Å². The molecule has 4 rings (SSSR count). The Morgan fingerprint density at radius 2 is 1.62 bits per heavy atom. The predicted octanol–water partition coefficient (Wildman–Crippen LogP) is 3.74. The van der Waals surface area contributed by atoms with Crippen molar-refractivity contribution < 1.29 is 9.18 Å². The van der Waals surface area contributed by atoms with Crippen LogP contribution in [0.25, 0.3) is 11.3 Å². The second-order valence-electron chi connectivity index (χ2n) is 8.23. The smallest absolute Gasteiger partial charge is 0.315 e. The van der Waals surface area contributed by atoms with Crippen LogP contribution in [0.5, 0.6) is 0 Å². The van der Waals surface area contributed by atoms with Gasteiger partial charge in [-0.1, -0.05) is 19.3 Å². The lowest BCUT2D eigenvalue weighted by atomic mass is 9.96. The summed E-state index contributed by atoms with van der Waals surface area (Å²) in [6, 6.07) is 8.94. The number of amides is 2. The maximum absolute atomic E-state index is 13.1. The number of carbonyl (C=O) groups excluding carboxylic acids is 1. The first-order chi connectivity index (χ1) is 14.2. The van der Waals surface area contributed by atoms with Crippen LogP contribution in [0.1, 0.15) is 44.9 Å². The molecular weight excluding hydrogens is 369 g/mol. The summed E-state index contributed by atoms with van der Waals surface area (Å²) in [7, 11) is 0. The number of urea groups is 1. The molecule has 2 N–H and O–H groups in total. The van der Waals surface area contributed by atoms with Crippen LogP contribution in [-0.4, -0.2) is 45.9 Å². The predicted molar refractivity (Wildman–Crippen MR) is 111 cm³/mol. The Bertz CT molecular complexity index is 792. The quantitative estimate of drug-likeness (QED) is 0.805. The number of benzene rings is 1. The largest absolute Gasteiger partial charge is 0.335 e. The molecule has 7 heteroatoms. The monoisotopic (exact) mass is 399 g/mol. The van der Waals surface area contributed by atoms with Crippen LogP contribution in [-0.2, 0) is 6.67 Å². The number of hydrogen-bond donors (Lipinski definition) is 2. The zero-order chi connectivity index (χ0) is 20.1. The van der Waals surface area contributed by atoms with Crippen LogP contribution >= 0.6 is 0 Å². The lowest BCUT2D eigenvalue weighted by Crippen LogP contribution is -2.50. The molecule has 156 valence electrons. The molecular formula is C22H30FN5O. The topological polar surface area (TPSA) is 62.2 Å². The Balaban J connectivity index is 1.21. The van der Waals surface area contributed by atoms with Crippen molar-refractivity contribution in [3.05, 3.63) is 42.3 Å². The van der Waals surface area contributed by atoms with Gasteiger partial charge < -0.3 is 10.6 Å². The number of rotatable bonds is 5. The van der Waals surface area contributed by atoms with Gasteiger partial charge in [0.15, 0.2) is 0 Å². The van der Waals surface area contributed by atoms with Gasteiger partial charge in [0.2, 0.25) is 0 Å². The van der Waals surface area contributed by atoms with Gasteiger partial charge in [0, 0.05) is 36.9 Å². The highest BCUT2D eigenvalue weighted by Gasteiger charge is 2.22. The zero-order valence-corrected chi connectivity index (χ0v) is 16.8. The van der Waals surface area contributed by atoms with Crippen LogP contribution in [0.15, 0.2) is 36.5 Å². The Kier molecular flexibility index (Phi) is 6.44. The van der Waals surface area contributed by atoms with E-state index in [9.17, 15) is 9.18 Å². The molecule has 29 heavy (non-hydrogen) atoms. The van der Waals surface area contributed by atoms with Crippen molar-refractivity contribution in [3.8, 4) is 11.3 Å². The number of likely N-dealkylation sites (tertiary alicyclic amines) is 1. The second-order valence-corrected chi connectivity index (χ2v) is 8.23. The molecule has 2 aliphatic rings. The molecule has 2 fully saturated rings. The van der Waals surface area contributed by atoms with E-state index in [1.54, 1.807) is 12.1 Å². The van der Waals surface area contributed by atoms with E-state index in [0.717, 1.165) is 56.7 Å². The Labute approximate surface area is 171 Å². The maximum atomic E-state index is 13.1. The number of halogens is 1. The molecule has 2 amide bonds. The first kappa shape index (κ1) is 19.9. The third-order valence-corrected chi connectivity index (χ3v) is 5.99. The molecule has 1 saturated heterocycles. The van der Waals surface area contributed by atoms with Gasteiger partial charge in [-0.25, -0.2) is 9.18 Å². The van der Waals surface area contributed by atoms with Crippen LogP contribution in [0.3, 0.4) is 0 Å². The average molecular weight is 400 g/mol. The summed E-state index contributed by atoms with van der Waals surface area (Å²) in [6.07, 6.45) is 9.81. The first-order valence-corrected chi connectivity index (χ1v) is 10.7. The van der Waals surface area contributed by atoms with Crippen molar-refractivity contribution in [1.29, 1.82) is 0 Å². The molecule has 2 aromatic rings. The Morgan fingerprint density at radius 1 is 0.966 bits per heavy atom. The van der Waals surface area contributed by atoms with Gasteiger partial charge in [-0.05, 0) is 56.0 Å². The lowest BCUT2D eigenvalue weighted by Gasteiger charge is -2.32. The molecule has 0 atom stereocenters. The minimum absolute atomic E-state index is 0.00799. The van der Waals surface area contributed by atoms with Crippen LogP contribution in [0.2, 0.25) is 0 Å². The molecule has 1 aromatic heterocycles. The van der Waals surface area contributed by atoms with E-state index >= 15 is 0 Å². The summed E-state index contributed by atoms with van der Waals surface area (Å²) in [5.41, 5.74) is 1.76. The first-order valence-electron chi connectivity index (χ1n) is 10.7. The van der Waals surface area contributed by atoms with Crippen molar-refractivity contribution in [3.63, 3.8) is 0 Å². The van der Waals surface area contributed by atoms with E-state index in [-0.39, 0.29) is 17.9 Å². The molecule has 6 nitrogen and oxygen atoms in total. The zero-order valence-electron chi connectivity index (χ0n) is 16.8. The molecule has 0 radical (unpaired) electrons. The van der Waals surface area contributed by atoms with Gasteiger partial charge in [-0.15, -0.1) is 0 Å². The summed E-state index contributed by atoms with van der Waals surface area (Å²) in [4.78, 5) is 14.6. The second kappa shape index (κ2) is 9.39. The fraction of sp³-hybridized carbons (Fsp3) is 0.545. The van der Waals surface area contributed by atoms with Gasteiger partial charge in [0.1, 0.15) is 5.82 Å². The molecule has 1 aliphatic heterocycles. The highest BCUT2D eigenvalue weighted by Crippen LogP contribution is 2.19. The third-order valence-electron chi connectivity index (χ3n) is 5.99. The van der Waals surface area contributed by atoms with Crippen molar-refractivity contribution in [1.82, 2.24) is 25.3 Å². The van der Waals surface area contributed by atoms with Crippen LogP contribution < -0.4 is 10.6 Å². The molecule has 1 aliphatic carbocycles. The van der Waals surface area contributed by atoms with E-state index in [1.165, 1.54) is 31.4 Å². The number of hydrogen-bond acceptors (Lipinski definition) is 3. The number of carbonyl (C=O) groups is 1. The maximum Gasteiger partial charge on any atom is 0.315 e. The molecule has 0 unspecified atom stereocenters. The molecule has 1 saturated carbocycles. The van der Waals surface area contributed by atoms with E-state index in [4.69, 9.17) is 0 Å². The van der Waals surface area contributed by atoms with Gasteiger partial charge in [-0.2, -0.15) is 5.10 Å². The fourth-order valence-electron chi connectivity index (χ4n) is 4.30. The average Bonchev–Trinajstić information content (AvgIpc) is 3.19. The Morgan fingerprint density at radius 3 is 2.31 bits per heavy atom. The van der Waals surface area contributed by atoms with Gasteiger partial charge >= 0.3 is 6.03 Å². The number of nitrogens with zero attached hydrogens (tertiary/aromatic N) is 3. The van der Waals surface area contributed by atoms with Crippen molar-refractivity contribution in [2.24, 2.45) is 0 Å². The third kappa shape index (κ3) is 5.56. The van der Waals surface area contributed by atoms with E-state index < -0.39 is 0 Å². The van der Waals surface area contributed by atoms with E-state index in [1.807, 2.05) is 16.9 Å². The SMILES string of the molecule is O=C(NC1CCCCC1)NC1CCN(Cn2ccc(-c3ccc(F)cc3)n2)CC1. The van der Waals surface area contributed by atoms with Crippen molar-refractivity contribution >= 4 is 6.03 Å². The Hall–Kier alpha value is -2.41. The summed E-state index contributed by atoms with van der Waals surface area (Å²) in [6.45, 7) is 2.59. The highest BCUT2D eigenvalue weighted by atomic mass is 19.1. The summed E-state index contributed by atoms with van der Waals surface area (Å²) in [5, 5.41) is 10.9. The fourth-order valence-corrected chi connectivity index (χ4v) is 4.30. The van der Waals surface area contributed by atoms with Crippen LogP contribution in [0, 0.1) is 5.82 Å². The van der Waals surface area contributed by atoms with E-state index in [0.29, 0.717) is 6.04 Å². The minimum atomic E-state index is -0.239. The number of nitrogens with one attached hydrogen (secondary N) is 2. The number of piperidine rings is 1. The van der Waals surface area contributed by atoms with Crippen LogP contribution in [0.4, 0.5) is 9.18 Å². The van der Waals surface area contributed by atoms with Gasteiger partial charge in [-0.3, -0.25) is 9.58 Å². The summed E-state index contributed by atoms with van der Waals surface area (Å²) < 4.78 is 15.0. The standard InChI is InChI=1S/C22H30FN5O/c23-18-8-6-17(7-9-18)21-12-15-28(26-21)16-27-13-10-20(11-14-27)25-22(29)24-19-4-2-1-3-5-19/h6-9,12,15,19-20H,1-5,10-11,13-14,16H2,(H2,24,25,29). The molecule has 0 bridgehead atoms. The van der Waals surface area contributed by atoms with Crippen molar-refractivity contribution in [2.45, 2.75) is 63.7 Å². The molecule has 0 spiro atoms.